The number of carboxylic acid groups (broad SMARTS) is 1. The SMILES string of the molecule is C=C1Nc2ncncc2[C@@]12Cc1cc(C(=O)O)cnc1C2. The van der Waals surface area contributed by atoms with Gasteiger partial charge in [0.15, 0.2) is 0 Å². The molecule has 0 unspecified atom stereocenters. The molecule has 0 bridgehead atoms. The normalized spacial score (nSPS) is 22.0. The quantitative estimate of drug-likeness (QED) is 0.824. The molecule has 0 radical (unpaired) electrons. The molecule has 4 rings (SSSR count). The average Bonchev–Trinajstić information content (AvgIpc) is 2.98. The highest BCUT2D eigenvalue weighted by molar-refractivity contribution is 5.87. The largest absolute Gasteiger partial charge is 0.478 e. The van der Waals surface area contributed by atoms with Gasteiger partial charge in [-0.3, -0.25) is 4.98 Å². The van der Waals surface area contributed by atoms with Gasteiger partial charge < -0.3 is 10.4 Å². The van der Waals surface area contributed by atoms with E-state index in [1.54, 1.807) is 12.3 Å². The van der Waals surface area contributed by atoms with E-state index in [0.29, 0.717) is 12.8 Å². The Kier molecular flexibility index (Phi) is 2.22. The minimum absolute atomic E-state index is 0.215. The van der Waals surface area contributed by atoms with Crippen LogP contribution in [0.4, 0.5) is 5.82 Å². The van der Waals surface area contributed by atoms with Gasteiger partial charge in [0.1, 0.15) is 12.1 Å². The summed E-state index contributed by atoms with van der Waals surface area (Å²) in [5.41, 5.74) is 3.64. The van der Waals surface area contributed by atoms with Gasteiger partial charge in [0.2, 0.25) is 0 Å². The Bertz CT molecular complexity index is 802. The zero-order valence-corrected chi connectivity index (χ0v) is 11.1. The summed E-state index contributed by atoms with van der Waals surface area (Å²) in [6, 6.07) is 1.70. The first-order valence-corrected chi connectivity index (χ1v) is 6.58. The molecule has 0 saturated heterocycles. The first kappa shape index (κ1) is 12.0. The van der Waals surface area contributed by atoms with Gasteiger partial charge in [0.25, 0.3) is 0 Å². The highest BCUT2D eigenvalue weighted by atomic mass is 16.4. The van der Waals surface area contributed by atoms with Crippen molar-refractivity contribution in [2.45, 2.75) is 18.3 Å². The lowest BCUT2D eigenvalue weighted by Gasteiger charge is -2.23. The molecule has 6 heteroatoms. The molecule has 0 amide bonds. The standard InChI is InChI=1S/C15H12N4O2/c1-8-15(11-6-16-7-18-13(11)19-8)3-9-2-10(14(20)21)5-17-12(9)4-15/h2,5-7H,1,3-4H2,(H,20,21)(H,16,18,19)/t15-/m1/s1. The van der Waals surface area contributed by atoms with Crippen molar-refractivity contribution in [1.29, 1.82) is 0 Å². The van der Waals surface area contributed by atoms with Crippen LogP contribution in [-0.2, 0) is 18.3 Å². The summed E-state index contributed by atoms with van der Waals surface area (Å²) in [5.74, 6) is -0.181. The van der Waals surface area contributed by atoms with E-state index in [1.165, 1.54) is 12.5 Å². The maximum absolute atomic E-state index is 11.1. The van der Waals surface area contributed by atoms with Gasteiger partial charge in [0.05, 0.1) is 5.56 Å². The summed E-state index contributed by atoms with van der Waals surface area (Å²) in [6.07, 6.45) is 6.07. The minimum atomic E-state index is -0.960. The lowest BCUT2D eigenvalue weighted by Crippen LogP contribution is -2.26. The number of allylic oxidation sites excluding steroid dienone is 1. The average molecular weight is 280 g/mol. The van der Waals surface area contributed by atoms with Gasteiger partial charge in [-0.15, -0.1) is 0 Å². The third-order valence-electron chi connectivity index (χ3n) is 4.34. The third-order valence-corrected chi connectivity index (χ3v) is 4.34. The number of fused-ring (bicyclic) bond motifs is 3. The Labute approximate surface area is 120 Å². The first-order chi connectivity index (χ1) is 10.1. The van der Waals surface area contributed by atoms with E-state index in [1.807, 2.05) is 0 Å². The van der Waals surface area contributed by atoms with E-state index < -0.39 is 5.97 Å². The van der Waals surface area contributed by atoms with Crippen molar-refractivity contribution in [2.24, 2.45) is 0 Å². The molecule has 0 fully saturated rings. The number of rotatable bonds is 1. The van der Waals surface area contributed by atoms with E-state index in [4.69, 9.17) is 5.11 Å². The summed E-state index contributed by atoms with van der Waals surface area (Å²) in [7, 11) is 0. The van der Waals surface area contributed by atoms with Crippen LogP contribution < -0.4 is 5.32 Å². The van der Waals surface area contributed by atoms with Crippen LogP contribution in [0.3, 0.4) is 0 Å². The van der Waals surface area contributed by atoms with Crippen molar-refractivity contribution in [2.75, 3.05) is 5.32 Å². The number of pyridine rings is 1. The van der Waals surface area contributed by atoms with Gasteiger partial charge in [-0.05, 0) is 18.1 Å². The highest BCUT2D eigenvalue weighted by Gasteiger charge is 2.48. The van der Waals surface area contributed by atoms with Crippen molar-refractivity contribution in [3.63, 3.8) is 0 Å². The van der Waals surface area contributed by atoms with E-state index in [9.17, 15) is 4.79 Å². The molecule has 1 atom stereocenters. The Morgan fingerprint density at radius 1 is 1.33 bits per heavy atom. The minimum Gasteiger partial charge on any atom is -0.478 e. The molecule has 1 aliphatic carbocycles. The van der Waals surface area contributed by atoms with Gasteiger partial charge >= 0.3 is 5.97 Å². The maximum Gasteiger partial charge on any atom is 0.337 e. The summed E-state index contributed by atoms with van der Waals surface area (Å²) in [6.45, 7) is 4.12. The molecular formula is C15H12N4O2. The predicted octanol–water partition coefficient (Wildman–Crippen LogP) is 1.55. The van der Waals surface area contributed by atoms with Crippen LogP contribution in [0, 0.1) is 0 Å². The van der Waals surface area contributed by atoms with E-state index in [2.05, 4.69) is 26.8 Å². The molecule has 21 heavy (non-hydrogen) atoms. The number of hydrogen-bond donors (Lipinski definition) is 2. The second-order valence-electron chi connectivity index (χ2n) is 5.46. The van der Waals surface area contributed by atoms with Gasteiger partial charge in [-0.1, -0.05) is 6.58 Å². The number of carboxylic acids is 1. The Hall–Kier alpha value is -2.76. The molecule has 2 N–H and O–H groups in total. The zero-order valence-electron chi connectivity index (χ0n) is 11.1. The molecular weight excluding hydrogens is 268 g/mol. The first-order valence-electron chi connectivity index (χ1n) is 6.58. The summed E-state index contributed by atoms with van der Waals surface area (Å²) >= 11 is 0. The topological polar surface area (TPSA) is 88.0 Å². The van der Waals surface area contributed by atoms with Gasteiger partial charge in [-0.2, -0.15) is 0 Å². The fraction of sp³-hybridized carbons (Fsp3) is 0.200. The molecule has 2 aromatic heterocycles. The summed E-state index contributed by atoms with van der Waals surface area (Å²) in [5, 5.41) is 12.3. The Morgan fingerprint density at radius 2 is 2.19 bits per heavy atom. The van der Waals surface area contributed by atoms with Crippen molar-refractivity contribution >= 4 is 11.8 Å². The van der Waals surface area contributed by atoms with Gasteiger partial charge in [-0.25, -0.2) is 14.8 Å². The predicted molar refractivity (Wildman–Crippen MR) is 75.1 cm³/mol. The molecule has 1 spiro atoms. The Morgan fingerprint density at radius 3 is 3.00 bits per heavy atom. The zero-order chi connectivity index (χ0) is 14.6. The number of carbonyl (C=O) groups is 1. The molecule has 6 nitrogen and oxygen atoms in total. The second-order valence-corrected chi connectivity index (χ2v) is 5.46. The maximum atomic E-state index is 11.1. The van der Waals surface area contributed by atoms with Crippen LogP contribution in [0.5, 0.6) is 0 Å². The number of aromatic nitrogens is 3. The van der Waals surface area contributed by atoms with E-state index >= 15 is 0 Å². The van der Waals surface area contributed by atoms with Crippen LogP contribution >= 0.6 is 0 Å². The fourth-order valence-electron chi connectivity index (χ4n) is 3.25. The highest BCUT2D eigenvalue weighted by Crippen LogP contribution is 2.49. The Balaban J connectivity index is 1.83. The third kappa shape index (κ3) is 1.53. The second kappa shape index (κ2) is 3.88. The lowest BCUT2D eigenvalue weighted by atomic mass is 9.79. The molecule has 0 saturated carbocycles. The number of hydrogen-bond acceptors (Lipinski definition) is 5. The van der Waals surface area contributed by atoms with Crippen LogP contribution in [0.15, 0.2) is 37.1 Å². The fourth-order valence-corrected chi connectivity index (χ4v) is 3.25. The molecule has 1 aliphatic heterocycles. The molecule has 2 aromatic rings. The number of nitrogens with one attached hydrogen (secondary N) is 1. The molecule has 104 valence electrons. The van der Waals surface area contributed by atoms with Gasteiger partial charge in [0, 0.05) is 41.2 Å². The monoisotopic (exact) mass is 280 g/mol. The van der Waals surface area contributed by atoms with Crippen LogP contribution in [-0.4, -0.2) is 26.0 Å². The number of aromatic carboxylic acids is 1. The van der Waals surface area contributed by atoms with Crippen molar-refractivity contribution in [3.8, 4) is 0 Å². The van der Waals surface area contributed by atoms with Crippen LogP contribution in [0.1, 0.15) is 27.2 Å². The van der Waals surface area contributed by atoms with Crippen LogP contribution in [0.2, 0.25) is 0 Å². The van der Waals surface area contributed by atoms with Crippen molar-refractivity contribution in [3.05, 3.63) is 59.4 Å². The van der Waals surface area contributed by atoms with Crippen molar-refractivity contribution < 1.29 is 9.90 Å². The molecule has 0 aromatic carbocycles. The summed E-state index contributed by atoms with van der Waals surface area (Å²) < 4.78 is 0. The smallest absolute Gasteiger partial charge is 0.337 e. The van der Waals surface area contributed by atoms with E-state index in [-0.39, 0.29) is 11.0 Å². The lowest BCUT2D eigenvalue weighted by molar-refractivity contribution is 0.0696. The van der Waals surface area contributed by atoms with E-state index in [0.717, 1.165) is 28.3 Å². The molecule has 2 aliphatic rings. The van der Waals surface area contributed by atoms with Crippen molar-refractivity contribution in [1.82, 2.24) is 15.0 Å². The number of anilines is 1. The van der Waals surface area contributed by atoms with Crippen LogP contribution in [0.25, 0.3) is 0 Å². The summed E-state index contributed by atoms with van der Waals surface area (Å²) in [4.78, 5) is 23.8. The number of nitrogens with zero attached hydrogens (tertiary/aromatic N) is 3. The molecule has 3 heterocycles.